The van der Waals surface area contributed by atoms with Crippen molar-refractivity contribution in [2.75, 3.05) is 11.5 Å². The third kappa shape index (κ3) is 2.97. The lowest BCUT2D eigenvalue weighted by Gasteiger charge is -2.17. The second kappa shape index (κ2) is 5.63. The molecular weight excluding hydrogens is 268 g/mol. The lowest BCUT2D eigenvalue weighted by molar-refractivity contribution is -0.132. The first-order valence-corrected chi connectivity index (χ1v) is 7.37. The normalized spacial score (nSPS) is 19.4. The van der Waals surface area contributed by atoms with Crippen molar-refractivity contribution in [1.82, 2.24) is 0 Å². The van der Waals surface area contributed by atoms with Gasteiger partial charge in [0.05, 0.1) is 0 Å². The first-order chi connectivity index (χ1) is 8.58. The Bertz CT molecular complexity index is 476. The van der Waals surface area contributed by atoms with E-state index in [0.29, 0.717) is 17.1 Å². The van der Waals surface area contributed by atoms with E-state index < -0.39 is 5.97 Å². The minimum atomic E-state index is -0.859. The van der Waals surface area contributed by atoms with E-state index >= 15 is 0 Å². The molecule has 0 aromatic heterocycles. The van der Waals surface area contributed by atoms with Gasteiger partial charge in [0, 0.05) is 32.5 Å². The molecule has 0 spiro atoms. The maximum Gasteiger partial charge on any atom is 0.332 e. The van der Waals surface area contributed by atoms with E-state index in [-0.39, 0.29) is 5.78 Å². The van der Waals surface area contributed by atoms with Crippen LogP contribution in [0.3, 0.4) is 0 Å². The summed E-state index contributed by atoms with van der Waals surface area (Å²) in [6.45, 7) is 1.57. The SMILES string of the molecule is CC(=O)C1=CC=C(C2=CC=C(C(=O)O)CS2)SC1. The van der Waals surface area contributed by atoms with Crippen LogP contribution in [0.4, 0.5) is 0 Å². The van der Waals surface area contributed by atoms with E-state index in [2.05, 4.69) is 0 Å². The Labute approximate surface area is 114 Å². The highest BCUT2D eigenvalue weighted by Crippen LogP contribution is 2.38. The van der Waals surface area contributed by atoms with Crippen LogP contribution >= 0.6 is 23.5 Å². The van der Waals surface area contributed by atoms with Crippen molar-refractivity contribution >= 4 is 35.3 Å². The Morgan fingerprint density at radius 1 is 1.00 bits per heavy atom. The van der Waals surface area contributed by atoms with E-state index in [1.807, 2.05) is 18.2 Å². The van der Waals surface area contributed by atoms with Crippen LogP contribution in [0.25, 0.3) is 0 Å². The zero-order valence-electron chi connectivity index (χ0n) is 9.80. The smallest absolute Gasteiger partial charge is 0.332 e. The van der Waals surface area contributed by atoms with E-state index in [9.17, 15) is 9.59 Å². The number of hydrogen-bond donors (Lipinski definition) is 1. The zero-order valence-corrected chi connectivity index (χ0v) is 11.4. The van der Waals surface area contributed by atoms with Crippen LogP contribution in [0.1, 0.15) is 6.92 Å². The van der Waals surface area contributed by atoms with Crippen molar-refractivity contribution < 1.29 is 14.7 Å². The van der Waals surface area contributed by atoms with Gasteiger partial charge in [0.15, 0.2) is 5.78 Å². The monoisotopic (exact) mass is 280 g/mol. The summed E-state index contributed by atoms with van der Waals surface area (Å²) in [5, 5.41) is 8.85. The Kier molecular flexibility index (Phi) is 4.14. The van der Waals surface area contributed by atoms with Crippen LogP contribution in [-0.4, -0.2) is 28.4 Å². The summed E-state index contributed by atoms with van der Waals surface area (Å²) < 4.78 is 0. The van der Waals surface area contributed by atoms with Crippen LogP contribution in [0.5, 0.6) is 0 Å². The Morgan fingerprint density at radius 3 is 1.83 bits per heavy atom. The molecule has 0 saturated heterocycles. The number of ketones is 1. The fourth-order valence-corrected chi connectivity index (χ4v) is 3.76. The molecule has 2 aliphatic heterocycles. The average Bonchev–Trinajstić information content (AvgIpc) is 2.39. The number of hydrogen-bond acceptors (Lipinski definition) is 4. The van der Waals surface area contributed by atoms with E-state index in [0.717, 1.165) is 15.4 Å². The fraction of sp³-hybridized carbons (Fsp3) is 0.231. The number of aliphatic carboxylic acids is 1. The molecule has 0 atom stereocenters. The molecule has 1 N–H and O–H groups in total. The molecule has 3 nitrogen and oxygen atoms in total. The first-order valence-electron chi connectivity index (χ1n) is 5.40. The molecule has 0 fully saturated rings. The summed E-state index contributed by atoms with van der Waals surface area (Å²) in [6.07, 6.45) is 7.28. The second-order valence-corrected chi connectivity index (χ2v) is 5.92. The molecule has 0 bridgehead atoms. The first kappa shape index (κ1) is 13.2. The molecule has 2 rings (SSSR count). The van der Waals surface area contributed by atoms with Gasteiger partial charge in [0.2, 0.25) is 0 Å². The van der Waals surface area contributed by atoms with Gasteiger partial charge < -0.3 is 5.11 Å². The van der Waals surface area contributed by atoms with Gasteiger partial charge >= 0.3 is 5.97 Å². The van der Waals surface area contributed by atoms with Gasteiger partial charge in [-0.1, -0.05) is 6.08 Å². The quantitative estimate of drug-likeness (QED) is 0.861. The van der Waals surface area contributed by atoms with Gasteiger partial charge in [-0.2, -0.15) is 0 Å². The highest BCUT2D eigenvalue weighted by atomic mass is 32.2. The summed E-state index contributed by atoms with van der Waals surface area (Å²) in [7, 11) is 0. The lowest BCUT2D eigenvalue weighted by Crippen LogP contribution is -2.07. The number of allylic oxidation sites excluding steroid dienone is 4. The van der Waals surface area contributed by atoms with Crippen molar-refractivity contribution in [1.29, 1.82) is 0 Å². The van der Waals surface area contributed by atoms with Crippen LogP contribution in [0, 0.1) is 0 Å². The average molecular weight is 280 g/mol. The molecule has 2 aliphatic rings. The predicted octanol–water partition coefficient (Wildman–Crippen LogP) is 2.77. The molecule has 0 aromatic rings. The number of carbonyl (C=O) groups excluding carboxylic acids is 1. The minimum Gasteiger partial charge on any atom is -0.478 e. The van der Waals surface area contributed by atoms with E-state index in [1.165, 1.54) is 11.8 Å². The summed E-state index contributed by atoms with van der Waals surface area (Å²) in [4.78, 5) is 24.1. The Morgan fingerprint density at radius 2 is 1.50 bits per heavy atom. The molecule has 0 unspecified atom stereocenters. The molecule has 0 radical (unpaired) electrons. The molecule has 0 aromatic carbocycles. The van der Waals surface area contributed by atoms with Gasteiger partial charge in [-0.3, -0.25) is 4.79 Å². The molecular formula is C13H12O3S2. The number of carboxylic acid groups (broad SMARTS) is 1. The third-order valence-corrected chi connectivity index (χ3v) is 4.98. The van der Waals surface area contributed by atoms with Crippen LogP contribution in [-0.2, 0) is 9.59 Å². The number of thioether (sulfide) groups is 2. The highest BCUT2D eigenvalue weighted by Gasteiger charge is 2.18. The largest absolute Gasteiger partial charge is 0.478 e. The molecule has 2 heterocycles. The van der Waals surface area contributed by atoms with Crippen LogP contribution < -0.4 is 0 Å². The highest BCUT2D eigenvalue weighted by molar-refractivity contribution is 8.08. The molecule has 94 valence electrons. The van der Waals surface area contributed by atoms with Crippen molar-refractivity contribution in [3.63, 3.8) is 0 Å². The standard InChI is InChI=1S/C13H12O3S2/c1-8(14)9-2-4-11(17-6-9)12-5-3-10(7-18-12)13(15)16/h2-5H,6-7H2,1H3,(H,15,16). The second-order valence-electron chi connectivity index (χ2n) is 3.88. The van der Waals surface area contributed by atoms with Crippen LogP contribution in [0.15, 0.2) is 45.3 Å². The zero-order chi connectivity index (χ0) is 13.1. The maximum atomic E-state index is 11.2. The number of Topliss-reactive ketones (excluding diaryl/α,β-unsaturated/α-hetero) is 1. The van der Waals surface area contributed by atoms with Crippen molar-refractivity contribution in [3.8, 4) is 0 Å². The van der Waals surface area contributed by atoms with E-state index in [1.54, 1.807) is 24.8 Å². The van der Waals surface area contributed by atoms with Crippen molar-refractivity contribution in [2.24, 2.45) is 0 Å². The summed E-state index contributed by atoms with van der Waals surface area (Å²) >= 11 is 3.15. The number of carboxylic acids is 1. The maximum absolute atomic E-state index is 11.2. The summed E-state index contributed by atoms with van der Waals surface area (Å²) in [5.41, 5.74) is 1.25. The number of carbonyl (C=O) groups is 2. The third-order valence-electron chi connectivity index (χ3n) is 2.61. The van der Waals surface area contributed by atoms with Gasteiger partial charge in [-0.25, -0.2) is 4.79 Å². The van der Waals surface area contributed by atoms with Gasteiger partial charge in [0.25, 0.3) is 0 Å². The molecule has 0 saturated carbocycles. The molecule has 5 heteroatoms. The fourth-order valence-electron chi connectivity index (χ4n) is 1.51. The minimum absolute atomic E-state index is 0.108. The molecule has 18 heavy (non-hydrogen) atoms. The summed E-state index contributed by atoms with van der Waals surface area (Å²) in [6, 6.07) is 0. The van der Waals surface area contributed by atoms with Gasteiger partial charge in [0.1, 0.15) is 0 Å². The topological polar surface area (TPSA) is 54.4 Å². The van der Waals surface area contributed by atoms with Crippen molar-refractivity contribution in [2.45, 2.75) is 6.92 Å². The van der Waals surface area contributed by atoms with Crippen LogP contribution in [0.2, 0.25) is 0 Å². The predicted molar refractivity (Wildman–Crippen MR) is 75.6 cm³/mol. The summed E-state index contributed by atoms with van der Waals surface area (Å²) in [5.74, 6) is 0.426. The Hall–Kier alpha value is -1.20. The molecule has 0 amide bonds. The van der Waals surface area contributed by atoms with Gasteiger partial charge in [-0.05, 0) is 25.2 Å². The Balaban J connectivity index is 2.16. The van der Waals surface area contributed by atoms with Gasteiger partial charge in [-0.15, -0.1) is 23.5 Å². The lowest BCUT2D eigenvalue weighted by atomic mass is 10.2. The van der Waals surface area contributed by atoms with E-state index in [4.69, 9.17) is 5.11 Å². The molecule has 0 aliphatic carbocycles. The van der Waals surface area contributed by atoms with Crippen molar-refractivity contribution in [3.05, 3.63) is 45.3 Å². The number of rotatable bonds is 3.